The van der Waals surface area contributed by atoms with Crippen LogP contribution in [-0.2, 0) is 6.42 Å². The van der Waals surface area contributed by atoms with Crippen molar-refractivity contribution in [3.05, 3.63) is 71.5 Å². The van der Waals surface area contributed by atoms with Crippen LogP contribution in [0.4, 0.5) is 0 Å². The Hall–Kier alpha value is -1.76. The molecule has 0 spiro atoms. The van der Waals surface area contributed by atoms with Crippen LogP contribution in [0, 0.1) is 0 Å². The van der Waals surface area contributed by atoms with Gasteiger partial charge in [0.1, 0.15) is 5.76 Å². The molecule has 1 nitrogen and oxygen atoms in total. The zero-order valence-corrected chi connectivity index (χ0v) is 10.1. The SMILES string of the molecule is C\C=C/C(O)=C\C=C\C1CCc2ccccc21. The smallest absolute Gasteiger partial charge is 0.115 e. The van der Waals surface area contributed by atoms with Gasteiger partial charge < -0.3 is 5.11 Å². The molecule has 1 aliphatic rings. The lowest BCUT2D eigenvalue weighted by Crippen LogP contribution is -1.87. The van der Waals surface area contributed by atoms with Gasteiger partial charge in [0, 0.05) is 5.92 Å². The molecule has 1 unspecified atom stereocenters. The number of fused-ring (bicyclic) bond motifs is 1. The van der Waals surface area contributed by atoms with Gasteiger partial charge >= 0.3 is 0 Å². The third kappa shape index (κ3) is 2.88. The fraction of sp³-hybridized carbons (Fsp3) is 0.250. The molecule has 2 rings (SSSR count). The van der Waals surface area contributed by atoms with Crippen LogP contribution in [0.2, 0.25) is 0 Å². The van der Waals surface area contributed by atoms with Crippen LogP contribution < -0.4 is 0 Å². The van der Waals surface area contributed by atoms with Crippen molar-refractivity contribution in [2.75, 3.05) is 0 Å². The van der Waals surface area contributed by atoms with Gasteiger partial charge in [-0.15, -0.1) is 0 Å². The summed E-state index contributed by atoms with van der Waals surface area (Å²) in [6.07, 6.45) is 11.7. The number of hydrogen-bond acceptors (Lipinski definition) is 1. The van der Waals surface area contributed by atoms with E-state index < -0.39 is 0 Å². The van der Waals surface area contributed by atoms with E-state index in [2.05, 4.69) is 30.3 Å². The Morgan fingerprint density at radius 3 is 3.00 bits per heavy atom. The van der Waals surface area contributed by atoms with Crippen molar-refractivity contribution in [2.45, 2.75) is 25.7 Å². The van der Waals surface area contributed by atoms with E-state index in [1.54, 1.807) is 12.2 Å². The fourth-order valence-electron chi connectivity index (χ4n) is 2.30. The summed E-state index contributed by atoms with van der Waals surface area (Å²) in [7, 11) is 0. The van der Waals surface area contributed by atoms with E-state index in [0.29, 0.717) is 11.7 Å². The average Bonchev–Trinajstić information content (AvgIpc) is 2.73. The second-order valence-corrected chi connectivity index (χ2v) is 4.32. The van der Waals surface area contributed by atoms with Gasteiger partial charge in [-0.05, 0) is 43.0 Å². The Morgan fingerprint density at radius 1 is 1.35 bits per heavy atom. The van der Waals surface area contributed by atoms with E-state index >= 15 is 0 Å². The van der Waals surface area contributed by atoms with Gasteiger partial charge in [-0.1, -0.05) is 42.5 Å². The summed E-state index contributed by atoms with van der Waals surface area (Å²) in [4.78, 5) is 0. The van der Waals surface area contributed by atoms with Crippen molar-refractivity contribution in [1.82, 2.24) is 0 Å². The molecule has 1 aromatic carbocycles. The Morgan fingerprint density at radius 2 is 2.18 bits per heavy atom. The number of hydrogen-bond donors (Lipinski definition) is 1. The number of rotatable bonds is 3. The maximum absolute atomic E-state index is 9.44. The molecule has 0 saturated carbocycles. The molecule has 1 heteroatoms. The van der Waals surface area contributed by atoms with Gasteiger partial charge in [0.2, 0.25) is 0 Å². The number of aliphatic hydroxyl groups is 1. The van der Waals surface area contributed by atoms with E-state index in [1.807, 2.05) is 19.1 Å². The highest BCUT2D eigenvalue weighted by Gasteiger charge is 2.18. The molecule has 0 radical (unpaired) electrons. The summed E-state index contributed by atoms with van der Waals surface area (Å²) in [6.45, 7) is 1.89. The van der Waals surface area contributed by atoms with Gasteiger partial charge in [0.25, 0.3) is 0 Å². The standard InChI is InChI=1S/C16H18O/c1-2-6-15(17)9-5-8-14-12-11-13-7-3-4-10-16(13)14/h2-10,14,17H,11-12H2,1H3/b6-2-,8-5+,15-9+. The highest BCUT2D eigenvalue weighted by Crippen LogP contribution is 2.33. The molecule has 0 saturated heterocycles. The minimum Gasteiger partial charge on any atom is -0.508 e. The molecule has 1 N–H and O–H groups in total. The molecule has 0 bridgehead atoms. The maximum Gasteiger partial charge on any atom is 0.115 e. The Kier molecular flexibility index (Phi) is 3.81. The van der Waals surface area contributed by atoms with Crippen molar-refractivity contribution in [3.63, 3.8) is 0 Å². The Labute approximate surface area is 103 Å². The lowest BCUT2D eigenvalue weighted by Gasteiger charge is -2.04. The highest BCUT2D eigenvalue weighted by atomic mass is 16.3. The minimum absolute atomic E-state index is 0.301. The molecule has 88 valence electrons. The third-order valence-corrected chi connectivity index (χ3v) is 3.13. The summed E-state index contributed by atoms with van der Waals surface area (Å²) in [5.74, 6) is 0.802. The van der Waals surface area contributed by atoms with E-state index in [9.17, 15) is 5.11 Å². The van der Waals surface area contributed by atoms with Crippen LogP contribution in [0.3, 0.4) is 0 Å². The van der Waals surface area contributed by atoms with Crippen LogP contribution in [0.25, 0.3) is 0 Å². The zero-order chi connectivity index (χ0) is 12.1. The van der Waals surface area contributed by atoms with Crippen molar-refractivity contribution in [1.29, 1.82) is 0 Å². The minimum atomic E-state index is 0.301. The summed E-state index contributed by atoms with van der Waals surface area (Å²) in [5.41, 5.74) is 2.89. The van der Waals surface area contributed by atoms with Crippen LogP contribution in [0.15, 0.2) is 60.4 Å². The van der Waals surface area contributed by atoms with Gasteiger partial charge in [0.15, 0.2) is 0 Å². The van der Waals surface area contributed by atoms with Crippen LogP contribution >= 0.6 is 0 Å². The van der Waals surface area contributed by atoms with Crippen molar-refractivity contribution in [2.24, 2.45) is 0 Å². The number of aryl methyl sites for hydroxylation is 1. The third-order valence-electron chi connectivity index (χ3n) is 3.13. The molecular formula is C16H18O. The van der Waals surface area contributed by atoms with Gasteiger partial charge in [-0.2, -0.15) is 0 Å². The zero-order valence-electron chi connectivity index (χ0n) is 10.1. The first-order valence-corrected chi connectivity index (χ1v) is 6.09. The van der Waals surface area contributed by atoms with Crippen molar-refractivity contribution in [3.8, 4) is 0 Å². The average molecular weight is 226 g/mol. The van der Waals surface area contributed by atoms with Crippen molar-refractivity contribution >= 4 is 0 Å². The first-order valence-electron chi connectivity index (χ1n) is 6.09. The second kappa shape index (κ2) is 5.53. The monoisotopic (exact) mass is 226 g/mol. The lowest BCUT2D eigenvalue weighted by molar-refractivity contribution is 0.432. The molecule has 0 fully saturated rings. The van der Waals surface area contributed by atoms with E-state index in [4.69, 9.17) is 0 Å². The molecule has 0 aliphatic heterocycles. The molecule has 1 aliphatic carbocycles. The number of allylic oxidation sites excluding steroid dienone is 5. The van der Waals surface area contributed by atoms with Gasteiger partial charge in [0.05, 0.1) is 0 Å². The predicted octanol–water partition coefficient (Wildman–Crippen LogP) is 4.29. The molecule has 17 heavy (non-hydrogen) atoms. The van der Waals surface area contributed by atoms with Crippen LogP contribution in [0.5, 0.6) is 0 Å². The predicted molar refractivity (Wildman–Crippen MR) is 72.2 cm³/mol. The molecule has 0 amide bonds. The summed E-state index contributed by atoms with van der Waals surface area (Å²) < 4.78 is 0. The Bertz CT molecular complexity index is 466. The summed E-state index contributed by atoms with van der Waals surface area (Å²) in [5, 5.41) is 9.44. The number of benzene rings is 1. The van der Waals surface area contributed by atoms with E-state index in [1.165, 1.54) is 17.5 Å². The van der Waals surface area contributed by atoms with Crippen LogP contribution in [-0.4, -0.2) is 5.11 Å². The second-order valence-electron chi connectivity index (χ2n) is 4.32. The highest BCUT2D eigenvalue weighted by molar-refractivity contribution is 5.38. The largest absolute Gasteiger partial charge is 0.508 e. The van der Waals surface area contributed by atoms with Gasteiger partial charge in [-0.25, -0.2) is 0 Å². The summed E-state index contributed by atoms with van der Waals surface area (Å²) >= 11 is 0. The van der Waals surface area contributed by atoms with E-state index in [-0.39, 0.29) is 0 Å². The first-order chi connectivity index (χ1) is 8.31. The normalized spacial score (nSPS) is 20.3. The maximum atomic E-state index is 9.44. The summed E-state index contributed by atoms with van der Waals surface area (Å²) in [6, 6.07) is 8.60. The topological polar surface area (TPSA) is 20.2 Å². The molecule has 0 heterocycles. The van der Waals surface area contributed by atoms with E-state index in [0.717, 1.165) is 6.42 Å². The van der Waals surface area contributed by atoms with Crippen LogP contribution in [0.1, 0.15) is 30.4 Å². The molecular weight excluding hydrogens is 208 g/mol. The van der Waals surface area contributed by atoms with Crippen molar-refractivity contribution < 1.29 is 5.11 Å². The molecule has 0 aromatic heterocycles. The Balaban J connectivity index is 2.07. The molecule has 1 aromatic rings. The first kappa shape index (κ1) is 11.7. The fourth-order valence-corrected chi connectivity index (χ4v) is 2.30. The van der Waals surface area contributed by atoms with Gasteiger partial charge in [-0.3, -0.25) is 0 Å². The quantitative estimate of drug-likeness (QED) is 0.602. The lowest BCUT2D eigenvalue weighted by atomic mass is 10.0. The number of aliphatic hydroxyl groups excluding tert-OH is 1. The molecule has 1 atom stereocenters.